The second kappa shape index (κ2) is 7.07. The molecule has 2 atom stereocenters. The van der Waals surface area contributed by atoms with Crippen molar-refractivity contribution in [3.8, 4) is 11.6 Å². The molecule has 2 aliphatic rings. The van der Waals surface area contributed by atoms with E-state index in [1.807, 2.05) is 0 Å². The number of nitrogens with zero attached hydrogens (tertiary/aromatic N) is 3. The second-order valence-electron chi connectivity index (χ2n) is 7.23. The van der Waals surface area contributed by atoms with Gasteiger partial charge < -0.3 is 15.2 Å². The number of aromatic nitrogens is 1. The molecule has 2 aliphatic heterocycles. The average Bonchev–Trinajstić information content (AvgIpc) is 2.69. The Morgan fingerprint density at radius 3 is 2.86 bits per heavy atom. The number of aliphatic imine (C=N–C) groups is 1. The van der Waals surface area contributed by atoms with E-state index in [1.165, 1.54) is 42.4 Å². The Labute approximate surface area is 166 Å². The van der Waals surface area contributed by atoms with Gasteiger partial charge in [0.05, 0.1) is 12.5 Å². The van der Waals surface area contributed by atoms with Gasteiger partial charge in [-0.3, -0.25) is 9.69 Å². The molecule has 1 fully saturated rings. The number of guanidine groups is 1. The maximum Gasteiger partial charge on any atom is 0.255 e. The molecular weight excluding hydrogens is 382 g/mol. The van der Waals surface area contributed by atoms with E-state index >= 15 is 0 Å². The monoisotopic (exact) mass is 402 g/mol. The van der Waals surface area contributed by atoms with Gasteiger partial charge in [0.1, 0.15) is 17.1 Å². The van der Waals surface area contributed by atoms with Crippen molar-refractivity contribution >= 4 is 11.9 Å². The first-order chi connectivity index (χ1) is 13.8. The summed E-state index contributed by atoms with van der Waals surface area (Å²) in [6.45, 7) is 2.06. The second-order valence-corrected chi connectivity index (χ2v) is 7.23. The molecule has 2 N–H and O–H groups in total. The SMILES string of the molecule is Cc1cnc(Oc2ccc(F)c(C34COCCC3C(=O)N(C)C(N)=N4)c2)c(F)c1. The highest BCUT2D eigenvalue weighted by atomic mass is 19.1. The molecule has 1 aromatic carbocycles. The summed E-state index contributed by atoms with van der Waals surface area (Å²) in [4.78, 5) is 22.5. The molecule has 0 saturated carbocycles. The van der Waals surface area contributed by atoms with Crippen molar-refractivity contribution in [3.63, 3.8) is 0 Å². The number of rotatable bonds is 3. The number of hydrogen-bond donors (Lipinski definition) is 1. The van der Waals surface area contributed by atoms with Gasteiger partial charge in [-0.05, 0) is 43.2 Å². The number of fused-ring (bicyclic) bond motifs is 1. The standard InChI is InChI=1S/C20H20F2N4O3/c1-11-7-16(22)17(24-9-11)29-12-3-4-15(21)14(8-12)20-10-28-6-5-13(20)18(27)26(2)19(23)25-20/h3-4,7-9,13H,5-6,10H2,1-2H3,(H2,23,25). The Kier molecular flexibility index (Phi) is 4.70. The number of benzene rings is 1. The number of halogens is 2. The third-order valence-corrected chi connectivity index (χ3v) is 5.30. The largest absolute Gasteiger partial charge is 0.436 e. The Morgan fingerprint density at radius 2 is 2.10 bits per heavy atom. The molecule has 9 heteroatoms. The fourth-order valence-corrected chi connectivity index (χ4v) is 3.77. The lowest BCUT2D eigenvalue weighted by Gasteiger charge is -2.45. The van der Waals surface area contributed by atoms with Crippen molar-refractivity contribution in [2.75, 3.05) is 20.3 Å². The molecular formula is C20H20F2N4O3. The highest BCUT2D eigenvalue weighted by molar-refractivity contribution is 6.00. The van der Waals surface area contributed by atoms with Gasteiger partial charge in [0.25, 0.3) is 5.88 Å². The Balaban J connectivity index is 1.79. The minimum absolute atomic E-state index is 0.00450. The van der Waals surface area contributed by atoms with E-state index in [0.29, 0.717) is 18.6 Å². The van der Waals surface area contributed by atoms with Crippen molar-refractivity contribution in [2.24, 2.45) is 16.6 Å². The van der Waals surface area contributed by atoms with Crippen LogP contribution in [-0.2, 0) is 15.1 Å². The van der Waals surface area contributed by atoms with Gasteiger partial charge in [0.2, 0.25) is 5.91 Å². The Morgan fingerprint density at radius 1 is 1.31 bits per heavy atom. The minimum Gasteiger partial charge on any atom is -0.436 e. The summed E-state index contributed by atoms with van der Waals surface area (Å²) < 4.78 is 40.1. The summed E-state index contributed by atoms with van der Waals surface area (Å²) in [5, 5.41) is 0. The molecule has 0 spiro atoms. The average molecular weight is 402 g/mol. The zero-order valence-corrected chi connectivity index (χ0v) is 16.0. The molecule has 0 radical (unpaired) electrons. The van der Waals surface area contributed by atoms with Crippen molar-refractivity contribution in [1.82, 2.24) is 9.88 Å². The minimum atomic E-state index is -1.31. The Bertz CT molecular complexity index is 1010. The fourth-order valence-electron chi connectivity index (χ4n) is 3.77. The molecule has 0 bridgehead atoms. The molecule has 1 saturated heterocycles. The number of ether oxygens (including phenoxy) is 2. The van der Waals surface area contributed by atoms with Crippen LogP contribution in [-0.4, -0.2) is 42.0 Å². The van der Waals surface area contributed by atoms with Crippen LogP contribution >= 0.6 is 0 Å². The van der Waals surface area contributed by atoms with Gasteiger partial charge in [-0.25, -0.2) is 18.8 Å². The van der Waals surface area contributed by atoms with Crippen LogP contribution in [0.4, 0.5) is 8.78 Å². The van der Waals surface area contributed by atoms with E-state index in [2.05, 4.69) is 9.98 Å². The maximum atomic E-state index is 14.9. The van der Waals surface area contributed by atoms with Crippen molar-refractivity contribution in [1.29, 1.82) is 0 Å². The molecule has 152 valence electrons. The van der Waals surface area contributed by atoms with Gasteiger partial charge in [0.15, 0.2) is 11.8 Å². The molecule has 1 aromatic heterocycles. The van der Waals surface area contributed by atoms with Crippen LogP contribution in [0.3, 0.4) is 0 Å². The highest BCUT2D eigenvalue weighted by Gasteiger charge is 2.52. The first-order valence-corrected chi connectivity index (χ1v) is 9.12. The van der Waals surface area contributed by atoms with Crippen LogP contribution in [0, 0.1) is 24.5 Å². The van der Waals surface area contributed by atoms with Crippen LogP contribution in [0.15, 0.2) is 35.5 Å². The van der Waals surface area contributed by atoms with Crippen LogP contribution in [0.2, 0.25) is 0 Å². The smallest absolute Gasteiger partial charge is 0.255 e. The highest BCUT2D eigenvalue weighted by Crippen LogP contribution is 2.44. The van der Waals surface area contributed by atoms with E-state index in [9.17, 15) is 13.6 Å². The van der Waals surface area contributed by atoms with Crippen molar-refractivity contribution in [2.45, 2.75) is 18.9 Å². The van der Waals surface area contributed by atoms with Gasteiger partial charge in [-0.1, -0.05) is 0 Å². The summed E-state index contributed by atoms with van der Waals surface area (Å²) >= 11 is 0. The summed E-state index contributed by atoms with van der Waals surface area (Å²) in [6, 6.07) is 5.23. The van der Waals surface area contributed by atoms with Crippen LogP contribution in [0.5, 0.6) is 11.6 Å². The summed E-state index contributed by atoms with van der Waals surface area (Å²) in [7, 11) is 1.53. The maximum absolute atomic E-state index is 14.9. The van der Waals surface area contributed by atoms with Gasteiger partial charge in [-0.15, -0.1) is 0 Å². The normalized spacial score (nSPS) is 24.1. The lowest BCUT2D eigenvalue weighted by Crippen LogP contribution is -2.58. The lowest BCUT2D eigenvalue weighted by atomic mass is 9.74. The van der Waals surface area contributed by atoms with Crippen LogP contribution in [0.1, 0.15) is 17.5 Å². The number of nitrogens with two attached hydrogens (primary N) is 1. The predicted octanol–water partition coefficient (Wildman–Crippen LogP) is 2.48. The number of pyridine rings is 1. The summed E-state index contributed by atoms with van der Waals surface area (Å²) in [5.41, 5.74) is 5.37. The number of aryl methyl sites for hydroxylation is 1. The molecule has 3 heterocycles. The van der Waals surface area contributed by atoms with Gasteiger partial charge in [-0.2, -0.15) is 0 Å². The van der Waals surface area contributed by atoms with Gasteiger partial charge >= 0.3 is 0 Å². The lowest BCUT2D eigenvalue weighted by molar-refractivity contribution is -0.140. The molecule has 7 nitrogen and oxygen atoms in total. The van der Waals surface area contributed by atoms with E-state index < -0.39 is 23.1 Å². The number of hydrogen-bond acceptors (Lipinski definition) is 6. The topological polar surface area (TPSA) is 90.0 Å². The van der Waals surface area contributed by atoms with Gasteiger partial charge in [0, 0.05) is 25.4 Å². The molecule has 0 aliphatic carbocycles. The van der Waals surface area contributed by atoms with E-state index in [4.69, 9.17) is 15.2 Å². The van der Waals surface area contributed by atoms with Crippen molar-refractivity contribution < 1.29 is 23.0 Å². The van der Waals surface area contributed by atoms with E-state index in [0.717, 1.165) is 0 Å². The van der Waals surface area contributed by atoms with Crippen molar-refractivity contribution in [3.05, 3.63) is 53.2 Å². The summed E-state index contributed by atoms with van der Waals surface area (Å²) in [5.74, 6) is -2.19. The predicted molar refractivity (Wildman–Crippen MR) is 100 cm³/mol. The third-order valence-electron chi connectivity index (χ3n) is 5.30. The molecule has 1 amide bonds. The number of carbonyl (C=O) groups excluding carboxylic acids is 1. The molecule has 29 heavy (non-hydrogen) atoms. The van der Waals surface area contributed by atoms with Crippen LogP contribution < -0.4 is 10.5 Å². The Hall–Kier alpha value is -3.07. The van der Waals surface area contributed by atoms with E-state index in [1.54, 1.807) is 6.92 Å². The zero-order chi connectivity index (χ0) is 20.8. The zero-order valence-electron chi connectivity index (χ0n) is 16.0. The summed E-state index contributed by atoms with van der Waals surface area (Å²) in [6.07, 6.45) is 1.84. The quantitative estimate of drug-likeness (QED) is 0.852. The van der Waals surface area contributed by atoms with E-state index in [-0.39, 0.29) is 35.7 Å². The van der Waals surface area contributed by atoms with Crippen LogP contribution in [0.25, 0.3) is 0 Å². The first kappa shape index (κ1) is 19.3. The molecule has 4 rings (SSSR count). The number of carbonyl (C=O) groups is 1. The molecule has 2 unspecified atom stereocenters. The first-order valence-electron chi connectivity index (χ1n) is 9.12. The third kappa shape index (κ3) is 3.21. The molecule has 2 aromatic rings. The fraction of sp³-hybridized carbons (Fsp3) is 0.350. The number of amides is 1.